The van der Waals surface area contributed by atoms with Gasteiger partial charge in [-0.1, -0.05) is 17.7 Å². The average molecular weight is 321 g/mol. The third kappa shape index (κ3) is 3.51. The van der Waals surface area contributed by atoms with Crippen molar-refractivity contribution in [1.82, 2.24) is 20.6 Å². The molecule has 0 spiro atoms. The predicted octanol–water partition coefficient (Wildman–Crippen LogP) is 2.62. The number of rotatable bonds is 4. The van der Waals surface area contributed by atoms with Gasteiger partial charge in [0.15, 0.2) is 0 Å². The largest absolute Gasteiger partial charge is 0.335 e. The normalized spacial score (nSPS) is 19.5. The topological polar surface area (TPSA) is 66.9 Å². The summed E-state index contributed by atoms with van der Waals surface area (Å²) in [5, 5.41) is 5.68. The minimum absolute atomic E-state index is 0.0161. The van der Waals surface area contributed by atoms with Crippen LogP contribution in [0, 0.1) is 5.82 Å². The molecule has 7 heteroatoms. The van der Waals surface area contributed by atoms with Crippen LogP contribution in [-0.2, 0) is 6.54 Å². The molecule has 1 aromatic heterocycles. The maximum atomic E-state index is 13.4. The van der Waals surface area contributed by atoms with Gasteiger partial charge in [-0.3, -0.25) is 9.97 Å². The van der Waals surface area contributed by atoms with Gasteiger partial charge in [0.1, 0.15) is 5.82 Å². The van der Waals surface area contributed by atoms with Crippen molar-refractivity contribution in [2.24, 2.45) is 0 Å². The van der Waals surface area contributed by atoms with Crippen LogP contribution in [0.2, 0.25) is 5.02 Å². The summed E-state index contributed by atoms with van der Waals surface area (Å²) < 4.78 is 13.4. The van der Waals surface area contributed by atoms with Gasteiger partial charge in [-0.05, 0) is 24.1 Å². The van der Waals surface area contributed by atoms with Gasteiger partial charge in [0.05, 0.1) is 23.5 Å². The van der Waals surface area contributed by atoms with E-state index in [1.807, 2.05) is 0 Å². The fourth-order valence-electron chi connectivity index (χ4n) is 2.28. The van der Waals surface area contributed by atoms with Crippen LogP contribution in [0.15, 0.2) is 36.8 Å². The number of aromatic nitrogens is 2. The average Bonchev–Trinajstić information content (AvgIpc) is 3.28. The molecule has 22 heavy (non-hydrogen) atoms. The number of amides is 2. The first-order valence-corrected chi connectivity index (χ1v) is 7.25. The minimum Gasteiger partial charge on any atom is -0.335 e. The Balaban J connectivity index is 1.48. The first kappa shape index (κ1) is 14.7. The number of urea groups is 1. The van der Waals surface area contributed by atoms with E-state index in [1.165, 1.54) is 12.1 Å². The highest BCUT2D eigenvalue weighted by Gasteiger charge is 2.39. The number of carbonyl (C=O) groups is 1. The first-order chi connectivity index (χ1) is 10.6. The van der Waals surface area contributed by atoms with Crippen molar-refractivity contribution in [2.75, 3.05) is 0 Å². The maximum Gasteiger partial charge on any atom is 0.315 e. The van der Waals surface area contributed by atoms with Crippen molar-refractivity contribution < 1.29 is 9.18 Å². The van der Waals surface area contributed by atoms with Crippen LogP contribution in [0.25, 0.3) is 0 Å². The lowest BCUT2D eigenvalue weighted by Gasteiger charge is -2.07. The SMILES string of the molecule is O=C(NCc1cnccn1)N[C@@H]1C[C@H]1c1ccc(Cl)c(F)c1. The second-order valence-corrected chi connectivity index (χ2v) is 5.55. The van der Waals surface area contributed by atoms with E-state index in [-0.39, 0.29) is 23.0 Å². The molecule has 2 atom stereocenters. The van der Waals surface area contributed by atoms with E-state index in [1.54, 1.807) is 24.7 Å². The molecule has 1 aliphatic carbocycles. The predicted molar refractivity (Wildman–Crippen MR) is 80.0 cm³/mol. The number of hydrogen-bond donors (Lipinski definition) is 2. The molecule has 1 aromatic carbocycles. The summed E-state index contributed by atoms with van der Waals surface area (Å²) in [7, 11) is 0. The molecule has 2 aromatic rings. The number of hydrogen-bond acceptors (Lipinski definition) is 3. The number of benzene rings is 1. The Morgan fingerprint density at radius 3 is 3.00 bits per heavy atom. The van der Waals surface area contributed by atoms with Gasteiger partial charge in [0, 0.05) is 24.4 Å². The van der Waals surface area contributed by atoms with E-state index in [0.717, 1.165) is 12.0 Å². The number of nitrogens with one attached hydrogen (secondary N) is 2. The molecule has 114 valence electrons. The number of nitrogens with zero attached hydrogens (tertiary/aromatic N) is 2. The molecule has 0 saturated heterocycles. The molecular weight excluding hydrogens is 307 g/mol. The molecule has 3 rings (SSSR count). The highest BCUT2D eigenvalue weighted by molar-refractivity contribution is 6.30. The van der Waals surface area contributed by atoms with E-state index < -0.39 is 5.82 Å². The van der Waals surface area contributed by atoms with Crippen molar-refractivity contribution in [2.45, 2.75) is 24.9 Å². The molecular formula is C15H14ClFN4O. The van der Waals surface area contributed by atoms with Gasteiger partial charge in [-0.25, -0.2) is 9.18 Å². The lowest BCUT2D eigenvalue weighted by molar-refractivity contribution is 0.240. The molecule has 0 aliphatic heterocycles. The van der Waals surface area contributed by atoms with E-state index in [2.05, 4.69) is 20.6 Å². The van der Waals surface area contributed by atoms with Crippen LogP contribution in [0.4, 0.5) is 9.18 Å². The Kier molecular flexibility index (Phi) is 4.20. The van der Waals surface area contributed by atoms with Gasteiger partial charge < -0.3 is 10.6 Å². The van der Waals surface area contributed by atoms with E-state index >= 15 is 0 Å². The Hall–Kier alpha value is -2.21. The monoisotopic (exact) mass is 320 g/mol. The molecule has 1 saturated carbocycles. The Labute approximate surface area is 131 Å². The third-order valence-corrected chi connectivity index (χ3v) is 3.83. The van der Waals surface area contributed by atoms with Crippen LogP contribution in [0.1, 0.15) is 23.6 Å². The zero-order valence-electron chi connectivity index (χ0n) is 11.6. The molecule has 0 bridgehead atoms. The quantitative estimate of drug-likeness (QED) is 0.910. The number of carbonyl (C=O) groups excluding carboxylic acids is 1. The van der Waals surface area contributed by atoms with E-state index in [0.29, 0.717) is 12.2 Å². The Morgan fingerprint density at radius 1 is 1.41 bits per heavy atom. The van der Waals surface area contributed by atoms with Gasteiger partial charge >= 0.3 is 6.03 Å². The molecule has 2 N–H and O–H groups in total. The summed E-state index contributed by atoms with van der Waals surface area (Å²) in [6, 6.07) is 4.49. The molecule has 2 amide bonds. The van der Waals surface area contributed by atoms with Crippen molar-refractivity contribution in [1.29, 1.82) is 0 Å². The lowest BCUT2D eigenvalue weighted by Crippen LogP contribution is -2.37. The van der Waals surface area contributed by atoms with Crippen LogP contribution < -0.4 is 10.6 Å². The fraction of sp³-hybridized carbons (Fsp3) is 0.267. The standard InChI is InChI=1S/C15H14ClFN4O/c16-12-2-1-9(5-13(12)17)11-6-14(11)21-15(22)20-8-10-7-18-3-4-19-10/h1-5,7,11,14H,6,8H2,(H2,20,21,22)/t11-,14+/m0/s1. The fourth-order valence-corrected chi connectivity index (χ4v) is 2.39. The van der Waals surface area contributed by atoms with Crippen molar-refractivity contribution in [3.8, 4) is 0 Å². The van der Waals surface area contributed by atoms with Gasteiger partial charge in [-0.2, -0.15) is 0 Å². The molecule has 1 fully saturated rings. The van der Waals surface area contributed by atoms with E-state index in [4.69, 9.17) is 11.6 Å². The summed E-state index contributed by atoms with van der Waals surface area (Å²) in [4.78, 5) is 19.8. The second-order valence-electron chi connectivity index (χ2n) is 5.15. The smallest absolute Gasteiger partial charge is 0.315 e. The van der Waals surface area contributed by atoms with Gasteiger partial charge in [0.25, 0.3) is 0 Å². The van der Waals surface area contributed by atoms with Crippen molar-refractivity contribution in [3.05, 3.63) is 58.9 Å². The molecule has 5 nitrogen and oxygen atoms in total. The summed E-state index contributed by atoms with van der Waals surface area (Å²) in [6.45, 7) is 0.312. The summed E-state index contributed by atoms with van der Waals surface area (Å²) >= 11 is 5.66. The highest BCUT2D eigenvalue weighted by atomic mass is 35.5. The lowest BCUT2D eigenvalue weighted by atomic mass is 10.1. The molecule has 1 heterocycles. The summed E-state index contributed by atoms with van der Waals surface area (Å²) in [6.07, 6.45) is 5.53. The summed E-state index contributed by atoms with van der Waals surface area (Å²) in [5.74, 6) is -0.300. The van der Waals surface area contributed by atoms with Crippen molar-refractivity contribution in [3.63, 3.8) is 0 Å². The Bertz CT molecular complexity index is 682. The molecule has 0 radical (unpaired) electrons. The molecule has 1 aliphatic rings. The van der Waals surface area contributed by atoms with Crippen LogP contribution >= 0.6 is 11.6 Å². The highest BCUT2D eigenvalue weighted by Crippen LogP contribution is 2.41. The van der Waals surface area contributed by atoms with Crippen LogP contribution in [0.5, 0.6) is 0 Å². The Morgan fingerprint density at radius 2 is 2.27 bits per heavy atom. The zero-order valence-corrected chi connectivity index (χ0v) is 12.3. The second kappa shape index (κ2) is 6.27. The summed E-state index contributed by atoms with van der Waals surface area (Å²) in [5.41, 5.74) is 1.53. The molecule has 0 unspecified atom stereocenters. The van der Waals surface area contributed by atoms with Crippen molar-refractivity contribution >= 4 is 17.6 Å². The van der Waals surface area contributed by atoms with Crippen LogP contribution in [-0.4, -0.2) is 22.0 Å². The van der Waals surface area contributed by atoms with Gasteiger partial charge in [0.2, 0.25) is 0 Å². The van der Waals surface area contributed by atoms with Gasteiger partial charge in [-0.15, -0.1) is 0 Å². The van der Waals surface area contributed by atoms with E-state index in [9.17, 15) is 9.18 Å². The number of halogens is 2. The minimum atomic E-state index is -0.433. The zero-order chi connectivity index (χ0) is 15.5. The van der Waals surface area contributed by atoms with Crippen LogP contribution in [0.3, 0.4) is 0 Å². The maximum absolute atomic E-state index is 13.4. The third-order valence-electron chi connectivity index (χ3n) is 3.53. The first-order valence-electron chi connectivity index (χ1n) is 6.87.